The molecule has 2 heterocycles. The molecule has 8 heteroatoms. The summed E-state index contributed by atoms with van der Waals surface area (Å²) in [5.41, 5.74) is 0.702. The van der Waals surface area contributed by atoms with Crippen LogP contribution in [0.4, 0.5) is 5.00 Å². The van der Waals surface area contributed by atoms with Gasteiger partial charge in [0.1, 0.15) is 5.00 Å². The second-order valence-corrected chi connectivity index (χ2v) is 7.28. The van der Waals surface area contributed by atoms with Gasteiger partial charge in [-0.25, -0.2) is 4.79 Å². The minimum absolute atomic E-state index is 0.0373. The Kier molecular flexibility index (Phi) is 5.74. The van der Waals surface area contributed by atoms with Gasteiger partial charge in [0.05, 0.1) is 22.4 Å². The largest absolute Gasteiger partial charge is 0.465 e. The molecule has 2 aromatic heterocycles. The molecule has 0 atom stereocenters. The van der Waals surface area contributed by atoms with Crippen LogP contribution in [0.25, 0.3) is 0 Å². The quantitative estimate of drug-likeness (QED) is 0.795. The third-order valence-corrected chi connectivity index (χ3v) is 5.21. The van der Waals surface area contributed by atoms with Gasteiger partial charge in [0, 0.05) is 6.04 Å². The SMILES string of the molecule is COC(=O)c1c(NC(=O)c2cccs2)sc(C(=O)NC(C)C)c1C. The normalized spacial score (nSPS) is 10.5. The van der Waals surface area contributed by atoms with Crippen LogP contribution < -0.4 is 10.6 Å². The maximum Gasteiger partial charge on any atom is 0.341 e. The molecular weight excluding hydrogens is 348 g/mol. The fourth-order valence-electron chi connectivity index (χ4n) is 2.07. The van der Waals surface area contributed by atoms with Gasteiger partial charge < -0.3 is 15.4 Å². The lowest BCUT2D eigenvalue weighted by molar-refractivity contribution is 0.0601. The minimum atomic E-state index is -0.589. The summed E-state index contributed by atoms with van der Waals surface area (Å²) < 4.78 is 4.79. The van der Waals surface area contributed by atoms with Crippen molar-refractivity contribution in [3.05, 3.63) is 38.4 Å². The first-order valence-electron chi connectivity index (χ1n) is 7.22. The van der Waals surface area contributed by atoms with Gasteiger partial charge in [-0.3, -0.25) is 9.59 Å². The van der Waals surface area contributed by atoms with Gasteiger partial charge in [0.15, 0.2) is 0 Å². The summed E-state index contributed by atoms with van der Waals surface area (Å²) in [5.74, 6) is -1.20. The Labute approximate surface area is 147 Å². The van der Waals surface area contributed by atoms with Crippen LogP contribution in [0.15, 0.2) is 17.5 Å². The number of methoxy groups -OCH3 is 1. The molecule has 6 nitrogen and oxygen atoms in total. The fraction of sp³-hybridized carbons (Fsp3) is 0.312. The van der Waals surface area contributed by atoms with Crippen LogP contribution in [-0.4, -0.2) is 30.9 Å². The van der Waals surface area contributed by atoms with Crippen molar-refractivity contribution in [3.8, 4) is 0 Å². The first kappa shape index (κ1) is 18.2. The molecule has 0 aliphatic rings. The number of nitrogens with one attached hydrogen (secondary N) is 2. The Balaban J connectivity index is 2.40. The number of hydrogen-bond donors (Lipinski definition) is 2. The summed E-state index contributed by atoms with van der Waals surface area (Å²) in [7, 11) is 1.26. The maximum absolute atomic E-state index is 12.3. The number of anilines is 1. The maximum atomic E-state index is 12.3. The molecule has 0 saturated heterocycles. The molecular formula is C16H18N2O4S2. The Hall–Kier alpha value is -2.19. The van der Waals surface area contributed by atoms with E-state index in [-0.39, 0.29) is 23.4 Å². The lowest BCUT2D eigenvalue weighted by Crippen LogP contribution is -2.29. The number of hydrogen-bond acceptors (Lipinski definition) is 6. The van der Waals surface area contributed by atoms with Gasteiger partial charge in [-0.05, 0) is 37.8 Å². The van der Waals surface area contributed by atoms with Crippen LogP contribution in [0, 0.1) is 6.92 Å². The molecule has 24 heavy (non-hydrogen) atoms. The number of esters is 1. The van der Waals surface area contributed by atoms with Crippen molar-refractivity contribution in [2.24, 2.45) is 0 Å². The third-order valence-electron chi connectivity index (χ3n) is 3.13. The Morgan fingerprint density at radius 3 is 2.46 bits per heavy atom. The monoisotopic (exact) mass is 366 g/mol. The van der Waals surface area contributed by atoms with Crippen molar-refractivity contribution in [2.45, 2.75) is 26.8 Å². The van der Waals surface area contributed by atoms with Crippen LogP contribution in [0.1, 0.15) is 49.1 Å². The second kappa shape index (κ2) is 7.59. The predicted molar refractivity (Wildman–Crippen MR) is 95.3 cm³/mol. The highest BCUT2D eigenvalue weighted by molar-refractivity contribution is 7.19. The molecule has 0 saturated carbocycles. The van der Waals surface area contributed by atoms with Crippen molar-refractivity contribution in [1.29, 1.82) is 0 Å². The van der Waals surface area contributed by atoms with Crippen LogP contribution in [0.3, 0.4) is 0 Å². The zero-order chi connectivity index (χ0) is 17.9. The molecule has 0 bridgehead atoms. The topological polar surface area (TPSA) is 84.5 Å². The van der Waals surface area contributed by atoms with E-state index in [2.05, 4.69) is 10.6 Å². The van der Waals surface area contributed by atoms with Crippen molar-refractivity contribution in [1.82, 2.24) is 5.32 Å². The molecule has 2 aromatic rings. The fourth-order valence-corrected chi connectivity index (χ4v) is 3.78. The van der Waals surface area contributed by atoms with Gasteiger partial charge >= 0.3 is 5.97 Å². The van der Waals surface area contributed by atoms with Crippen LogP contribution in [0.2, 0.25) is 0 Å². The lowest BCUT2D eigenvalue weighted by atomic mass is 10.1. The van der Waals surface area contributed by atoms with Gasteiger partial charge in [-0.2, -0.15) is 0 Å². The zero-order valence-electron chi connectivity index (χ0n) is 13.8. The van der Waals surface area contributed by atoms with Crippen molar-refractivity contribution >= 4 is 45.5 Å². The minimum Gasteiger partial charge on any atom is -0.465 e. The van der Waals surface area contributed by atoms with E-state index in [1.807, 2.05) is 13.8 Å². The van der Waals surface area contributed by atoms with Crippen LogP contribution in [-0.2, 0) is 4.74 Å². The highest BCUT2D eigenvalue weighted by Crippen LogP contribution is 2.34. The molecule has 0 aliphatic heterocycles. The number of carbonyl (C=O) groups excluding carboxylic acids is 3. The summed E-state index contributed by atoms with van der Waals surface area (Å²) in [6.45, 7) is 5.36. The molecule has 0 unspecified atom stereocenters. The van der Waals surface area contributed by atoms with Gasteiger partial charge in [-0.15, -0.1) is 22.7 Å². The molecule has 2 rings (SSSR count). The van der Waals surface area contributed by atoms with Gasteiger partial charge in [-0.1, -0.05) is 6.07 Å². The average molecular weight is 366 g/mol. The highest BCUT2D eigenvalue weighted by atomic mass is 32.1. The van der Waals surface area contributed by atoms with Crippen LogP contribution >= 0.6 is 22.7 Å². The second-order valence-electron chi connectivity index (χ2n) is 5.31. The summed E-state index contributed by atoms with van der Waals surface area (Å²) in [5, 5.41) is 7.59. The standard InChI is InChI=1S/C16H18N2O4S2/c1-8(2)17-14(20)12-9(3)11(16(21)22-4)15(24-12)18-13(19)10-6-5-7-23-10/h5-8H,1-4H3,(H,17,20)(H,18,19). The van der Waals surface area contributed by atoms with E-state index in [0.29, 0.717) is 20.3 Å². The van der Waals surface area contributed by atoms with Crippen molar-refractivity contribution in [3.63, 3.8) is 0 Å². The average Bonchev–Trinajstić information content (AvgIpc) is 3.14. The first-order valence-corrected chi connectivity index (χ1v) is 8.92. The van der Waals surface area contributed by atoms with E-state index in [0.717, 1.165) is 11.3 Å². The molecule has 0 fully saturated rings. The summed E-state index contributed by atoms with van der Waals surface area (Å²) in [6.07, 6.45) is 0. The molecule has 0 radical (unpaired) electrons. The van der Waals surface area contributed by atoms with E-state index in [9.17, 15) is 14.4 Å². The van der Waals surface area contributed by atoms with E-state index in [4.69, 9.17) is 4.74 Å². The summed E-state index contributed by atoms with van der Waals surface area (Å²) in [4.78, 5) is 37.5. The van der Waals surface area contributed by atoms with Crippen LogP contribution in [0.5, 0.6) is 0 Å². The van der Waals surface area contributed by atoms with Crippen molar-refractivity contribution < 1.29 is 19.1 Å². The van der Waals surface area contributed by atoms with E-state index in [1.165, 1.54) is 18.4 Å². The number of amides is 2. The third kappa shape index (κ3) is 3.82. The number of rotatable bonds is 5. The Morgan fingerprint density at radius 1 is 1.21 bits per heavy atom. The Bertz CT molecular complexity index is 763. The number of carbonyl (C=O) groups is 3. The Morgan fingerprint density at radius 2 is 1.92 bits per heavy atom. The molecule has 2 amide bonds. The van der Waals surface area contributed by atoms with E-state index < -0.39 is 5.97 Å². The van der Waals surface area contributed by atoms with E-state index >= 15 is 0 Å². The molecule has 128 valence electrons. The predicted octanol–water partition coefficient (Wildman–Crippen LogP) is 3.30. The van der Waals surface area contributed by atoms with Gasteiger partial charge in [0.25, 0.3) is 11.8 Å². The highest BCUT2D eigenvalue weighted by Gasteiger charge is 2.26. The first-order chi connectivity index (χ1) is 11.3. The van der Waals surface area contributed by atoms with Gasteiger partial charge in [0.2, 0.25) is 0 Å². The summed E-state index contributed by atoms with van der Waals surface area (Å²) in [6, 6.07) is 3.41. The lowest BCUT2D eigenvalue weighted by Gasteiger charge is -2.07. The molecule has 0 aromatic carbocycles. The van der Waals surface area contributed by atoms with E-state index in [1.54, 1.807) is 24.4 Å². The molecule has 0 aliphatic carbocycles. The molecule has 0 spiro atoms. The van der Waals surface area contributed by atoms with Crippen molar-refractivity contribution in [2.75, 3.05) is 12.4 Å². The zero-order valence-corrected chi connectivity index (χ0v) is 15.4. The number of thiophene rings is 2. The smallest absolute Gasteiger partial charge is 0.341 e. The summed E-state index contributed by atoms with van der Waals surface area (Å²) >= 11 is 2.36. The molecule has 2 N–H and O–H groups in total. The number of ether oxygens (including phenoxy) is 1.